The first kappa shape index (κ1) is 115. The van der Waals surface area contributed by atoms with Crippen molar-refractivity contribution in [1.82, 2.24) is 39.1 Å². The third kappa shape index (κ3) is 33.2. The van der Waals surface area contributed by atoms with E-state index in [0.717, 1.165) is 61.6 Å². The normalized spacial score (nSPS) is 13.1. The highest BCUT2D eigenvalue weighted by Gasteiger charge is 2.35. The molecule has 4 heterocycles. The lowest BCUT2D eigenvalue weighted by molar-refractivity contribution is -0.171. The highest BCUT2D eigenvalue weighted by Crippen LogP contribution is 2.40. The van der Waals surface area contributed by atoms with Crippen LogP contribution in [0.4, 0.5) is 32.3 Å². The summed E-state index contributed by atoms with van der Waals surface area (Å²) in [4.78, 5) is 59.0. The van der Waals surface area contributed by atoms with Crippen LogP contribution in [0.1, 0.15) is 251 Å². The Morgan fingerprint density at radius 3 is 0.797 bits per heavy atom. The average molecular weight is 1930 g/mol. The van der Waals surface area contributed by atoms with E-state index in [0.29, 0.717) is 105 Å². The van der Waals surface area contributed by atoms with E-state index < -0.39 is 75.1 Å². The fraction of sp³-hybridized carbons (Fsp3) is 0.485. The van der Waals surface area contributed by atoms with Crippen molar-refractivity contribution in [3.8, 4) is 24.3 Å². The first-order chi connectivity index (χ1) is 64.6. The quantitative estimate of drug-likeness (QED) is 0.00920. The lowest BCUT2D eigenvalue weighted by atomic mass is 9.86. The van der Waals surface area contributed by atoms with E-state index in [4.69, 9.17) is 56.8 Å². The maximum absolute atomic E-state index is 12.3. The number of hydrogen-bond acceptors (Lipinski definition) is 28. The van der Waals surface area contributed by atoms with Gasteiger partial charge in [-0.25, -0.2) is 24.0 Å². The Balaban J connectivity index is 0.000000325. The van der Waals surface area contributed by atoms with Crippen LogP contribution in [0, 0.1) is 101 Å². The number of hydrogen-bond donors (Lipinski definition) is 0. The van der Waals surface area contributed by atoms with E-state index >= 15 is 0 Å². The molecule has 4 aromatic carbocycles. The topological polar surface area (TPSA) is 381 Å². The summed E-state index contributed by atoms with van der Waals surface area (Å²) in [6.45, 7) is 54.5. The smallest absolute Gasteiger partial charge is 0.466 e. The van der Waals surface area contributed by atoms with Crippen LogP contribution in [0.3, 0.4) is 0 Å². The Kier molecular flexibility index (Phi) is 43.5. The number of ether oxygens (including phenoxy) is 14. The van der Waals surface area contributed by atoms with Crippen molar-refractivity contribution in [3.63, 3.8) is 0 Å². The summed E-state index contributed by atoms with van der Waals surface area (Å²) >= 11 is 1.57. The number of nitrogens with zero attached hydrogens (tertiary/aromatic N) is 12. The van der Waals surface area contributed by atoms with E-state index in [-0.39, 0.29) is 64.1 Å². The summed E-state index contributed by atoms with van der Waals surface area (Å²) in [6.07, 6.45) is -11.6. The number of carbonyl (C=O) groups is 5. The molecule has 138 heavy (non-hydrogen) atoms. The number of rotatable bonds is 33. The minimum atomic E-state index is -4.69. The molecule has 0 fully saturated rings. The second-order valence-corrected chi connectivity index (χ2v) is 36.7. The summed E-state index contributed by atoms with van der Waals surface area (Å²) in [6, 6.07) is 39.8. The molecular weight excluding hydrogens is 1800 g/mol. The van der Waals surface area contributed by atoms with Crippen molar-refractivity contribution in [2.24, 2.45) is 0 Å². The molecular formula is C103H133F3N12O19S. The summed E-state index contributed by atoms with van der Waals surface area (Å²) in [5.41, 5.74) is 17.0. The molecule has 0 spiro atoms. The van der Waals surface area contributed by atoms with Crippen LogP contribution in [0.15, 0.2) is 97.1 Å². The molecule has 0 bridgehead atoms. The van der Waals surface area contributed by atoms with Gasteiger partial charge < -0.3 is 66.3 Å². The molecule has 0 saturated carbocycles. The van der Waals surface area contributed by atoms with Gasteiger partial charge in [0.2, 0.25) is 25.2 Å². The third-order valence-corrected chi connectivity index (χ3v) is 21.9. The van der Waals surface area contributed by atoms with E-state index in [9.17, 15) is 58.2 Å². The standard InChI is InChI=1S/C26H33N3O6.C26H35N3O5.C26H35N3O4S.C25H30F3N3O4/c1-9-29-23(16(2)17(3)28-29)24(34-18(4)35-25(31)33-15-22(30)32-8)21(14-27)19-10-12-20(13-11-19)26(5,6)7;1-9-29-23(17(2)18(3)28-29)24(33-19(4)34-25(30)32-15-14-31-8)22(16-27)20-10-12-21(13-11-20)26(5,6)7;1-9-29-23(17(2)18(3)28-29)24(32-19(4)33-25(30)31-14-15-34-8)22(16-27)20-10-12-21(13-11-20)26(5,6)7;1-8-31-21(15(2)16(3)30-31)22(34-17(4)35-23(32)33-14-25(26,27)28)20(13-29)18-9-11-19(12-10-18)24(5,6)7/h10-13,18H,9,15H2,1-8H3;2*10-13,19H,9,14-15H2,1-8H3;9-12,17H,8,14H2,1-7H3/b24-21-;2*24-22-;22-20-. The Morgan fingerprint density at radius 2 is 0.594 bits per heavy atom. The molecule has 0 N–H and O–H groups in total. The van der Waals surface area contributed by atoms with Gasteiger partial charge in [-0.15, -0.1) is 0 Å². The van der Waals surface area contributed by atoms with E-state index in [1.807, 2.05) is 167 Å². The molecule has 0 aliphatic heterocycles. The van der Waals surface area contributed by atoms with Crippen molar-refractivity contribution in [3.05, 3.63) is 209 Å². The molecule has 4 atom stereocenters. The zero-order valence-corrected chi connectivity index (χ0v) is 86.1. The molecule has 31 nitrogen and oxygen atoms in total. The average Bonchev–Trinajstić information content (AvgIpc) is 1.64. The largest absolute Gasteiger partial charge is 0.511 e. The van der Waals surface area contributed by atoms with Crippen LogP contribution in [0.5, 0.6) is 0 Å². The molecule has 0 amide bonds. The van der Waals surface area contributed by atoms with E-state index in [2.05, 4.69) is 137 Å². The van der Waals surface area contributed by atoms with Gasteiger partial charge in [0, 0.05) is 89.0 Å². The van der Waals surface area contributed by atoms with Crippen molar-refractivity contribution >= 4 is 87.7 Å². The summed E-state index contributed by atoms with van der Waals surface area (Å²) in [5.74, 6) is 0.877. The van der Waals surface area contributed by atoms with Crippen molar-refractivity contribution in [2.45, 2.75) is 273 Å². The zero-order chi connectivity index (χ0) is 104. The minimum absolute atomic E-state index is 0.0120. The number of carbonyl (C=O) groups excluding carboxylic acids is 5. The van der Waals surface area contributed by atoms with Gasteiger partial charge in [0.1, 0.15) is 82.6 Å². The molecule has 0 radical (unpaired) electrons. The van der Waals surface area contributed by atoms with Crippen molar-refractivity contribution < 1.29 is 103 Å². The number of allylic oxidation sites excluding steroid dienone is 4. The third-order valence-electron chi connectivity index (χ3n) is 21.4. The first-order valence-corrected chi connectivity index (χ1v) is 46.4. The SMILES string of the molecule is CCn1nc(C)c(C)c1/C(OC(C)OC(=O)OCC(=O)OC)=C(\C#N)c1ccc(C(C)(C)C)cc1.CCn1nc(C)c(C)c1/C(OC(C)OC(=O)OCC(F)(F)F)=C(\C#N)c1ccc(C(C)(C)C)cc1.CCn1nc(C)c(C)c1/C(OC(C)OC(=O)OCCOC)=C(\C#N)c1ccc(C(C)(C)C)cc1.CCn1nc(C)c(C)c1/C(OC(C)OC(=O)OCCSC)=C(\C#N)c1ccc(C(C)(C)C)cc1. The second-order valence-electron chi connectivity index (χ2n) is 35.7. The molecule has 0 aliphatic rings. The molecule has 746 valence electrons. The number of aromatic nitrogens is 8. The Bertz CT molecular complexity index is 5620. The molecule has 0 saturated heterocycles. The highest BCUT2D eigenvalue weighted by atomic mass is 32.2. The Morgan fingerprint density at radius 1 is 0.362 bits per heavy atom. The second kappa shape index (κ2) is 52.2. The van der Waals surface area contributed by atoms with Crippen LogP contribution in [0.2, 0.25) is 0 Å². The molecule has 8 rings (SSSR count). The summed E-state index contributed by atoms with van der Waals surface area (Å²) in [5, 5.41) is 58.8. The number of halogens is 3. The zero-order valence-electron chi connectivity index (χ0n) is 85.3. The lowest BCUT2D eigenvalue weighted by Gasteiger charge is -2.21. The maximum atomic E-state index is 12.3. The predicted molar refractivity (Wildman–Crippen MR) is 520 cm³/mol. The number of nitriles is 4. The van der Waals surface area contributed by atoms with Gasteiger partial charge in [-0.2, -0.15) is 66.4 Å². The van der Waals surface area contributed by atoms with Gasteiger partial charge in [0.15, 0.2) is 36.3 Å². The fourth-order valence-electron chi connectivity index (χ4n) is 13.4. The van der Waals surface area contributed by atoms with Gasteiger partial charge in [-0.1, -0.05) is 180 Å². The van der Waals surface area contributed by atoms with Crippen molar-refractivity contribution in [1.29, 1.82) is 21.0 Å². The minimum Gasteiger partial charge on any atom is -0.466 e. The van der Waals surface area contributed by atoms with E-state index in [1.165, 1.54) is 28.1 Å². The predicted octanol–water partition coefficient (Wildman–Crippen LogP) is 22.6. The number of esters is 1. The summed E-state index contributed by atoms with van der Waals surface area (Å²) in [7, 11) is 2.69. The molecule has 35 heteroatoms. The number of aryl methyl sites for hydroxylation is 8. The van der Waals surface area contributed by atoms with Gasteiger partial charge in [0.25, 0.3) is 0 Å². The number of thioether (sulfide) groups is 1. The molecule has 4 aromatic heterocycles. The fourth-order valence-corrected chi connectivity index (χ4v) is 13.6. The van der Waals surface area contributed by atoms with Crippen LogP contribution < -0.4 is 0 Å². The highest BCUT2D eigenvalue weighted by molar-refractivity contribution is 7.98. The first-order valence-electron chi connectivity index (χ1n) is 45.0. The molecule has 0 aliphatic carbocycles. The molecule has 8 aromatic rings. The van der Waals surface area contributed by atoms with Crippen LogP contribution in [-0.2, 0) is 119 Å². The Hall–Kier alpha value is -13.5. The number of methoxy groups -OCH3 is 2. The van der Waals surface area contributed by atoms with Crippen LogP contribution in [-0.4, -0.2) is 160 Å². The Labute approximate surface area is 813 Å². The van der Waals surface area contributed by atoms with Gasteiger partial charge >= 0.3 is 36.8 Å². The lowest BCUT2D eigenvalue weighted by Crippen LogP contribution is -2.24. The van der Waals surface area contributed by atoms with Gasteiger partial charge in [0.05, 0.1) is 36.5 Å². The van der Waals surface area contributed by atoms with E-state index in [1.54, 1.807) is 63.4 Å². The van der Waals surface area contributed by atoms with Crippen LogP contribution in [0.25, 0.3) is 45.3 Å². The van der Waals surface area contributed by atoms with Crippen LogP contribution >= 0.6 is 11.8 Å². The van der Waals surface area contributed by atoms with Crippen molar-refractivity contribution in [2.75, 3.05) is 59.3 Å². The van der Waals surface area contributed by atoms with Gasteiger partial charge in [-0.05, 0) is 156 Å². The monoisotopic (exact) mass is 1930 g/mol. The maximum Gasteiger partial charge on any atom is 0.511 e. The summed E-state index contributed by atoms with van der Waals surface area (Å²) < 4.78 is 117. The molecule has 4 unspecified atom stereocenters. The number of benzene rings is 4. The van der Waals surface area contributed by atoms with Gasteiger partial charge in [-0.3, -0.25) is 18.7 Å². The number of alkyl halides is 3.